The van der Waals surface area contributed by atoms with Gasteiger partial charge in [-0.25, -0.2) is 9.13 Å². The van der Waals surface area contributed by atoms with Gasteiger partial charge in [-0.05, 0) is 43.4 Å². The van der Waals surface area contributed by atoms with Crippen molar-refractivity contribution in [3.05, 3.63) is 0 Å². The molecule has 0 aliphatic rings. The molecule has 0 fully saturated rings. The van der Waals surface area contributed by atoms with Gasteiger partial charge in [-0.3, -0.25) is 37.3 Å². The normalized spacial score (nSPS) is 14.2. The van der Waals surface area contributed by atoms with Gasteiger partial charge in [-0.1, -0.05) is 312 Å². The van der Waals surface area contributed by atoms with Crippen LogP contribution in [0.2, 0.25) is 0 Å². The van der Waals surface area contributed by atoms with Crippen molar-refractivity contribution in [3.63, 3.8) is 0 Å². The van der Waals surface area contributed by atoms with Gasteiger partial charge in [-0.2, -0.15) is 0 Å². The maximum Gasteiger partial charge on any atom is 0.472 e. The van der Waals surface area contributed by atoms with Crippen molar-refractivity contribution in [2.45, 2.75) is 381 Å². The molecule has 19 heteroatoms. The minimum Gasteiger partial charge on any atom is -0.462 e. The number of rotatable bonds is 70. The summed E-state index contributed by atoms with van der Waals surface area (Å²) in [5.74, 6) is 0.140. The standard InChI is InChI=1S/C72H140O17P2/c1-8-9-10-11-12-13-18-26-33-41-48-55-71(76)89-68(60-83-70(75)54-47-40-35-28-31-38-45-52-65(6)7)62-87-91(80,81)85-58-66(73)57-84-90(78,79)86-61-67(59-82-69(74)53-46-39-32-25-22-17-20-24-30-37-44-51-64(4)5)88-72(77)56-49-42-34-27-21-16-14-15-19-23-29-36-43-50-63(2)3/h63-68,73H,8-62H2,1-7H3,(H,78,79)(H,80,81)/t66-,67-,68-/m1/s1. The Morgan fingerprint density at radius 3 is 0.747 bits per heavy atom. The minimum absolute atomic E-state index is 0.106. The smallest absolute Gasteiger partial charge is 0.462 e. The SMILES string of the molecule is CCCCCCCCCCCCCC(=O)O[C@H](COC(=O)CCCCCCCCCC(C)C)COP(=O)(O)OC[C@H](O)COP(=O)(O)OC[C@@H](COC(=O)CCCCCCCCCCCCCC(C)C)OC(=O)CCCCCCCCCCCCCCCC(C)C. The molecule has 0 aliphatic carbocycles. The summed E-state index contributed by atoms with van der Waals surface area (Å²) in [7, 11) is -9.90. The largest absolute Gasteiger partial charge is 0.472 e. The van der Waals surface area contributed by atoms with E-state index in [4.69, 9.17) is 37.0 Å². The highest BCUT2D eigenvalue weighted by Gasteiger charge is 2.30. The monoisotopic (exact) mass is 1340 g/mol. The molecule has 0 saturated carbocycles. The first-order chi connectivity index (χ1) is 43.7. The van der Waals surface area contributed by atoms with Crippen LogP contribution < -0.4 is 0 Å². The fraction of sp³-hybridized carbons (Fsp3) is 0.944. The summed E-state index contributed by atoms with van der Waals surface area (Å²) in [5, 5.41) is 10.6. The molecule has 2 unspecified atom stereocenters. The van der Waals surface area contributed by atoms with Crippen molar-refractivity contribution in [1.82, 2.24) is 0 Å². The number of hydrogen-bond donors (Lipinski definition) is 3. The molecule has 0 aromatic carbocycles. The maximum absolute atomic E-state index is 13.0. The molecular formula is C72H140O17P2. The average Bonchev–Trinajstić information content (AvgIpc) is 3.28. The van der Waals surface area contributed by atoms with E-state index in [9.17, 15) is 43.2 Å². The van der Waals surface area contributed by atoms with E-state index >= 15 is 0 Å². The van der Waals surface area contributed by atoms with E-state index in [1.807, 2.05) is 0 Å². The number of hydrogen-bond acceptors (Lipinski definition) is 15. The zero-order valence-electron chi connectivity index (χ0n) is 59.3. The summed E-state index contributed by atoms with van der Waals surface area (Å²) in [5.41, 5.74) is 0. The average molecular weight is 1340 g/mol. The number of aliphatic hydroxyl groups excluding tert-OH is 1. The second-order valence-electron chi connectivity index (χ2n) is 27.4. The lowest BCUT2D eigenvalue weighted by Gasteiger charge is -2.21. The van der Waals surface area contributed by atoms with E-state index in [-0.39, 0.29) is 25.7 Å². The van der Waals surface area contributed by atoms with Gasteiger partial charge in [0.1, 0.15) is 19.3 Å². The van der Waals surface area contributed by atoms with E-state index in [0.29, 0.717) is 31.6 Å². The maximum atomic E-state index is 13.0. The molecule has 0 rings (SSSR count). The van der Waals surface area contributed by atoms with Crippen molar-refractivity contribution in [3.8, 4) is 0 Å². The molecule has 0 aliphatic heterocycles. The van der Waals surface area contributed by atoms with Gasteiger partial charge in [0, 0.05) is 25.7 Å². The lowest BCUT2D eigenvalue weighted by molar-refractivity contribution is -0.161. The lowest BCUT2D eigenvalue weighted by atomic mass is 10.0. The van der Waals surface area contributed by atoms with Crippen LogP contribution in [0.15, 0.2) is 0 Å². The number of phosphoric ester groups is 2. The third kappa shape index (κ3) is 66.5. The molecule has 5 atom stereocenters. The minimum atomic E-state index is -4.95. The fourth-order valence-electron chi connectivity index (χ4n) is 10.9. The van der Waals surface area contributed by atoms with Crippen LogP contribution in [0, 0.1) is 17.8 Å². The highest BCUT2D eigenvalue weighted by atomic mass is 31.2. The quantitative estimate of drug-likeness (QED) is 0.0222. The molecule has 17 nitrogen and oxygen atoms in total. The van der Waals surface area contributed by atoms with Crippen LogP contribution in [-0.2, 0) is 65.4 Å². The zero-order chi connectivity index (χ0) is 67.3. The molecule has 91 heavy (non-hydrogen) atoms. The Kier molecular flexibility index (Phi) is 61.5. The number of carbonyl (C=O) groups excluding carboxylic acids is 4. The Morgan fingerprint density at radius 1 is 0.297 bits per heavy atom. The van der Waals surface area contributed by atoms with Gasteiger partial charge in [0.05, 0.1) is 26.4 Å². The van der Waals surface area contributed by atoms with E-state index < -0.39 is 97.5 Å². The van der Waals surface area contributed by atoms with Gasteiger partial charge in [0.2, 0.25) is 0 Å². The highest BCUT2D eigenvalue weighted by molar-refractivity contribution is 7.47. The molecular weight excluding hydrogens is 1200 g/mol. The summed E-state index contributed by atoms with van der Waals surface area (Å²) in [6, 6.07) is 0. The topological polar surface area (TPSA) is 237 Å². The zero-order valence-corrected chi connectivity index (χ0v) is 61.1. The summed E-state index contributed by atoms with van der Waals surface area (Å²) < 4.78 is 68.3. The van der Waals surface area contributed by atoms with E-state index in [1.165, 1.54) is 167 Å². The Morgan fingerprint density at radius 2 is 0.505 bits per heavy atom. The summed E-state index contributed by atoms with van der Waals surface area (Å²) in [4.78, 5) is 72.6. The summed E-state index contributed by atoms with van der Waals surface area (Å²) in [6.07, 6.45) is 47.2. The molecule has 0 aromatic rings. The third-order valence-corrected chi connectivity index (χ3v) is 18.5. The van der Waals surface area contributed by atoms with Crippen LogP contribution in [0.3, 0.4) is 0 Å². The van der Waals surface area contributed by atoms with Crippen molar-refractivity contribution in [2.24, 2.45) is 17.8 Å². The van der Waals surface area contributed by atoms with Crippen molar-refractivity contribution < 1.29 is 80.2 Å². The van der Waals surface area contributed by atoms with Crippen molar-refractivity contribution >= 4 is 39.5 Å². The van der Waals surface area contributed by atoms with Crippen LogP contribution in [-0.4, -0.2) is 96.7 Å². The van der Waals surface area contributed by atoms with Gasteiger partial charge in [0.15, 0.2) is 12.2 Å². The van der Waals surface area contributed by atoms with Gasteiger partial charge >= 0.3 is 39.5 Å². The van der Waals surface area contributed by atoms with Crippen LogP contribution in [0.4, 0.5) is 0 Å². The number of ether oxygens (including phenoxy) is 4. The first-order valence-corrected chi connectivity index (χ1v) is 40.3. The Balaban J connectivity index is 5.25. The first kappa shape index (κ1) is 89.1. The van der Waals surface area contributed by atoms with Crippen LogP contribution >= 0.6 is 15.6 Å². The Hall–Kier alpha value is -1.94. The van der Waals surface area contributed by atoms with Gasteiger partial charge in [-0.15, -0.1) is 0 Å². The molecule has 540 valence electrons. The number of aliphatic hydroxyl groups is 1. The summed E-state index contributed by atoms with van der Waals surface area (Å²) >= 11 is 0. The van der Waals surface area contributed by atoms with Crippen LogP contribution in [0.5, 0.6) is 0 Å². The number of phosphoric acid groups is 2. The highest BCUT2D eigenvalue weighted by Crippen LogP contribution is 2.45. The number of unbranched alkanes of at least 4 members (excludes halogenated alkanes) is 38. The molecule has 0 bridgehead atoms. The van der Waals surface area contributed by atoms with Crippen LogP contribution in [0.1, 0.15) is 363 Å². The van der Waals surface area contributed by atoms with Crippen molar-refractivity contribution in [2.75, 3.05) is 39.6 Å². The first-order valence-electron chi connectivity index (χ1n) is 37.3. The van der Waals surface area contributed by atoms with Gasteiger partial charge < -0.3 is 33.8 Å². The molecule has 0 aromatic heterocycles. The van der Waals surface area contributed by atoms with Gasteiger partial charge in [0.25, 0.3) is 0 Å². The van der Waals surface area contributed by atoms with Crippen LogP contribution in [0.25, 0.3) is 0 Å². The Bertz CT molecular complexity index is 1780. The molecule has 0 radical (unpaired) electrons. The van der Waals surface area contributed by atoms with E-state index in [0.717, 1.165) is 108 Å². The second-order valence-corrected chi connectivity index (χ2v) is 30.3. The predicted octanol–water partition coefficient (Wildman–Crippen LogP) is 20.6. The second kappa shape index (κ2) is 62.8. The van der Waals surface area contributed by atoms with E-state index in [1.54, 1.807) is 0 Å². The molecule has 0 spiro atoms. The molecule has 0 heterocycles. The predicted molar refractivity (Wildman–Crippen MR) is 368 cm³/mol. The summed E-state index contributed by atoms with van der Waals surface area (Å²) in [6.45, 7) is 11.8. The number of carbonyl (C=O) groups is 4. The molecule has 0 saturated heterocycles. The molecule has 3 N–H and O–H groups in total. The third-order valence-electron chi connectivity index (χ3n) is 16.6. The number of esters is 4. The van der Waals surface area contributed by atoms with Crippen molar-refractivity contribution in [1.29, 1.82) is 0 Å². The fourth-order valence-corrected chi connectivity index (χ4v) is 12.5. The Labute approximate surface area is 556 Å². The van der Waals surface area contributed by atoms with E-state index in [2.05, 4.69) is 48.5 Å². The lowest BCUT2D eigenvalue weighted by Crippen LogP contribution is -2.30. The molecule has 0 amide bonds.